The molecule has 2 rings (SSSR count). The fourth-order valence-electron chi connectivity index (χ4n) is 1.56. The van der Waals surface area contributed by atoms with E-state index in [1.807, 2.05) is 0 Å². The fourth-order valence-corrected chi connectivity index (χ4v) is 1.79. The largest absolute Gasteiger partial charge is 0.478 e. The third-order valence-electron chi connectivity index (χ3n) is 2.52. The summed E-state index contributed by atoms with van der Waals surface area (Å²) in [5, 5.41) is 8.76. The molecule has 0 aliphatic heterocycles. The van der Waals surface area contributed by atoms with Crippen LogP contribution in [0, 0.1) is 11.6 Å². The van der Waals surface area contributed by atoms with Gasteiger partial charge in [0.25, 0.3) is 0 Å². The van der Waals surface area contributed by atoms with E-state index in [0.717, 1.165) is 12.1 Å². The minimum absolute atomic E-state index is 0.206. The quantitative estimate of drug-likeness (QED) is 0.845. The number of carboxylic acids is 1. The molecule has 0 aliphatic carbocycles. The summed E-state index contributed by atoms with van der Waals surface area (Å²) in [5.74, 6) is -3.27. The van der Waals surface area contributed by atoms with Crippen LogP contribution in [0.15, 0.2) is 42.5 Å². The first-order valence-corrected chi connectivity index (χ1v) is 6.17. The minimum Gasteiger partial charge on any atom is -0.478 e. The maximum Gasteiger partial charge on any atom is 0.328 e. The summed E-state index contributed by atoms with van der Waals surface area (Å²) in [7, 11) is 0. The van der Waals surface area contributed by atoms with Crippen LogP contribution in [0.2, 0.25) is 5.02 Å². The number of halogens is 3. The number of aliphatic carboxylic acids is 1. The SMILES string of the molecule is O=C(O)/C=C/c1ccc(Oc2cccc(F)c2F)cc1Cl. The van der Waals surface area contributed by atoms with E-state index in [4.69, 9.17) is 21.4 Å². The van der Waals surface area contributed by atoms with Gasteiger partial charge < -0.3 is 9.84 Å². The van der Waals surface area contributed by atoms with Crippen molar-refractivity contribution in [2.45, 2.75) is 0 Å². The summed E-state index contributed by atoms with van der Waals surface area (Å²) in [6.45, 7) is 0. The molecule has 2 aromatic rings. The molecule has 3 nitrogen and oxygen atoms in total. The van der Waals surface area contributed by atoms with Crippen molar-refractivity contribution in [2.75, 3.05) is 0 Å². The molecule has 108 valence electrons. The zero-order valence-corrected chi connectivity index (χ0v) is 11.3. The Morgan fingerprint density at radius 2 is 2.00 bits per heavy atom. The standard InChI is InChI=1S/C15H9ClF2O3/c16-11-8-10(6-4-9(11)5-7-14(19)20)21-13-3-1-2-12(17)15(13)18/h1-8H,(H,19,20)/b7-5+. The first-order valence-electron chi connectivity index (χ1n) is 5.80. The predicted octanol–water partition coefficient (Wildman–Crippen LogP) is 4.51. The zero-order chi connectivity index (χ0) is 15.4. The van der Waals surface area contributed by atoms with Gasteiger partial charge in [-0.15, -0.1) is 0 Å². The topological polar surface area (TPSA) is 46.5 Å². The third kappa shape index (κ3) is 3.79. The van der Waals surface area contributed by atoms with Crippen LogP contribution in [0.4, 0.5) is 8.78 Å². The third-order valence-corrected chi connectivity index (χ3v) is 2.85. The van der Waals surface area contributed by atoms with E-state index >= 15 is 0 Å². The number of rotatable bonds is 4. The lowest BCUT2D eigenvalue weighted by atomic mass is 10.2. The van der Waals surface area contributed by atoms with Gasteiger partial charge in [0.1, 0.15) is 5.75 Å². The van der Waals surface area contributed by atoms with Crippen molar-refractivity contribution in [1.29, 1.82) is 0 Å². The van der Waals surface area contributed by atoms with E-state index < -0.39 is 17.6 Å². The molecule has 0 aromatic heterocycles. The van der Waals surface area contributed by atoms with Crippen LogP contribution in [-0.2, 0) is 4.79 Å². The van der Waals surface area contributed by atoms with Crippen molar-refractivity contribution in [3.8, 4) is 11.5 Å². The van der Waals surface area contributed by atoms with Gasteiger partial charge in [0, 0.05) is 12.1 Å². The lowest BCUT2D eigenvalue weighted by Gasteiger charge is -2.08. The summed E-state index contributed by atoms with van der Waals surface area (Å²) in [4.78, 5) is 10.4. The number of ether oxygens (including phenoxy) is 1. The first-order chi connectivity index (χ1) is 9.97. The van der Waals surface area contributed by atoms with E-state index in [2.05, 4.69) is 0 Å². The second-order valence-corrected chi connectivity index (χ2v) is 4.42. The van der Waals surface area contributed by atoms with Crippen LogP contribution in [-0.4, -0.2) is 11.1 Å². The summed E-state index contributed by atoms with van der Waals surface area (Å²) in [5.41, 5.74) is 0.464. The van der Waals surface area contributed by atoms with Gasteiger partial charge in [-0.1, -0.05) is 17.7 Å². The fraction of sp³-hybridized carbons (Fsp3) is 0. The number of carboxylic acid groups (broad SMARTS) is 1. The smallest absolute Gasteiger partial charge is 0.328 e. The number of carbonyl (C=O) groups is 1. The van der Waals surface area contributed by atoms with Gasteiger partial charge in [0.05, 0.1) is 5.02 Å². The van der Waals surface area contributed by atoms with Gasteiger partial charge in [-0.25, -0.2) is 9.18 Å². The van der Waals surface area contributed by atoms with E-state index in [0.29, 0.717) is 5.56 Å². The molecule has 6 heteroatoms. The van der Waals surface area contributed by atoms with E-state index in [-0.39, 0.29) is 16.5 Å². The second kappa shape index (κ2) is 6.37. The highest BCUT2D eigenvalue weighted by molar-refractivity contribution is 6.32. The molecule has 21 heavy (non-hydrogen) atoms. The molecule has 0 atom stereocenters. The monoisotopic (exact) mass is 310 g/mol. The van der Waals surface area contributed by atoms with Crippen molar-refractivity contribution in [3.05, 3.63) is 64.7 Å². The predicted molar refractivity (Wildman–Crippen MR) is 74.6 cm³/mol. The molecule has 0 spiro atoms. The summed E-state index contributed by atoms with van der Waals surface area (Å²) < 4.78 is 31.7. The average molecular weight is 311 g/mol. The maximum atomic E-state index is 13.5. The van der Waals surface area contributed by atoms with Gasteiger partial charge in [0.2, 0.25) is 5.82 Å². The molecule has 0 unspecified atom stereocenters. The second-order valence-electron chi connectivity index (χ2n) is 4.01. The highest BCUT2D eigenvalue weighted by Crippen LogP contribution is 2.29. The van der Waals surface area contributed by atoms with Crippen molar-refractivity contribution in [3.63, 3.8) is 0 Å². The molecular weight excluding hydrogens is 302 g/mol. The van der Waals surface area contributed by atoms with Crippen LogP contribution < -0.4 is 4.74 Å². The van der Waals surface area contributed by atoms with Crippen molar-refractivity contribution in [2.24, 2.45) is 0 Å². The van der Waals surface area contributed by atoms with Gasteiger partial charge in [-0.3, -0.25) is 0 Å². The molecular formula is C15H9ClF2O3. The Hall–Kier alpha value is -2.40. The highest BCUT2D eigenvalue weighted by Gasteiger charge is 2.10. The van der Waals surface area contributed by atoms with Gasteiger partial charge >= 0.3 is 5.97 Å². The van der Waals surface area contributed by atoms with E-state index in [9.17, 15) is 13.6 Å². The molecule has 0 heterocycles. The average Bonchev–Trinajstić information content (AvgIpc) is 2.43. The molecule has 0 aliphatic rings. The first kappa shape index (κ1) is 15.0. The normalized spacial score (nSPS) is 10.8. The van der Waals surface area contributed by atoms with Crippen LogP contribution in [0.25, 0.3) is 6.08 Å². The minimum atomic E-state index is -1.10. The van der Waals surface area contributed by atoms with Crippen molar-refractivity contribution < 1.29 is 23.4 Å². The number of hydrogen-bond donors (Lipinski definition) is 1. The van der Waals surface area contributed by atoms with Gasteiger partial charge in [0.15, 0.2) is 11.6 Å². The number of hydrogen-bond acceptors (Lipinski definition) is 2. The van der Waals surface area contributed by atoms with Crippen LogP contribution in [0.5, 0.6) is 11.5 Å². The lowest BCUT2D eigenvalue weighted by Crippen LogP contribution is -1.92. The molecule has 0 bridgehead atoms. The Balaban J connectivity index is 2.24. The lowest BCUT2D eigenvalue weighted by molar-refractivity contribution is -0.131. The molecule has 1 N–H and O–H groups in total. The Morgan fingerprint density at radius 1 is 1.24 bits per heavy atom. The Kier molecular flexibility index (Phi) is 4.55. The van der Waals surface area contributed by atoms with E-state index in [1.54, 1.807) is 0 Å². The molecule has 2 aromatic carbocycles. The van der Waals surface area contributed by atoms with Crippen molar-refractivity contribution >= 4 is 23.6 Å². The Bertz CT molecular complexity index is 714. The van der Waals surface area contributed by atoms with E-state index in [1.165, 1.54) is 36.4 Å². The maximum absolute atomic E-state index is 13.5. The molecule has 0 amide bonds. The van der Waals surface area contributed by atoms with Crippen LogP contribution in [0.3, 0.4) is 0 Å². The number of benzene rings is 2. The van der Waals surface area contributed by atoms with Gasteiger partial charge in [-0.05, 0) is 35.9 Å². The summed E-state index contributed by atoms with van der Waals surface area (Å²) >= 11 is 5.96. The summed E-state index contributed by atoms with van der Waals surface area (Å²) in [6, 6.07) is 7.94. The molecule has 0 saturated carbocycles. The summed E-state index contributed by atoms with van der Waals surface area (Å²) in [6.07, 6.45) is 2.26. The molecule has 0 saturated heterocycles. The van der Waals surface area contributed by atoms with Crippen LogP contribution in [0.1, 0.15) is 5.56 Å². The Morgan fingerprint density at radius 3 is 2.67 bits per heavy atom. The Labute approximate surface area is 124 Å². The van der Waals surface area contributed by atoms with Crippen LogP contribution >= 0.6 is 11.6 Å². The highest BCUT2D eigenvalue weighted by atomic mass is 35.5. The van der Waals surface area contributed by atoms with Crippen molar-refractivity contribution in [1.82, 2.24) is 0 Å². The van der Waals surface area contributed by atoms with Gasteiger partial charge in [-0.2, -0.15) is 4.39 Å². The zero-order valence-electron chi connectivity index (χ0n) is 10.5. The molecule has 0 fully saturated rings. The molecule has 0 radical (unpaired) electrons.